The Morgan fingerprint density at radius 2 is 1.61 bits per heavy atom. The van der Waals surface area contributed by atoms with Crippen molar-refractivity contribution in [3.8, 4) is 0 Å². The topological polar surface area (TPSA) is 128 Å². The van der Waals surface area contributed by atoms with Crippen LogP contribution in [0, 0.1) is 19.9 Å². The van der Waals surface area contributed by atoms with E-state index in [1.54, 1.807) is 6.07 Å². The van der Waals surface area contributed by atoms with E-state index in [1.807, 2.05) is 0 Å². The molecule has 0 amide bonds. The number of hydrogen-bond acceptors (Lipinski definition) is 8. The van der Waals surface area contributed by atoms with Crippen molar-refractivity contribution >= 4 is 5.97 Å². The molecule has 1 aromatic rings. The minimum atomic E-state index is -1.53. The molecule has 0 aliphatic carbocycles. The molecule has 1 aromatic carbocycles. The lowest BCUT2D eigenvalue weighted by Gasteiger charge is -1.89. The van der Waals surface area contributed by atoms with E-state index in [0.29, 0.717) is 0 Å². The summed E-state index contributed by atoms with van der Waals surface area (Å²) in [6, 6.07) is 7.29. The Bertz CT molecular complexity index is 487. The van der Waals surface area contributed by atoms with E-state index < -0.39 is 21.2 Å². The van der Waals surface area contributed by atoms with E-state index in [1.165, 1.54) is 24.3 Å². The Labute approximate surface area is 97.5 Å². The summed E-state index contributed by atoms with van der Waals surface area (Å²) >= 11 is 0. The first-order chi connectivity index (χ1) is 8.49. The zero-order chi connectivity index (χ0) is 13.5. The fourth-order valence-electron chi connectivity index (χ4n) is 0.835. The molecule has 0 fully saturated rings. The molecule has 0 radical (unpaired) electrons. The van der Waals surface area contributed by atoms with E-state index in [-0.39, 0.29) is 5.56 Å². The molecule has 0 spiro atoms. The van der Waals surface area contributed by atoms with Crippen molar-refractivity contribution in [1.29, 1.82) is 0 Å². The molecule has 0 heterocycles. The summed E-state index contributed by atoms with van der Waals surface area (Å²) in [6.45, 7) is 0. The van der Waals surface area contributed by atoms with Crippen LogP contribution in [0.1, 0.15) is 10.4 Å². The van der Waals surface area contributed by atoms with E-state index in [2.05, 4.69) is 14.7 Å². The van der Waals surface area contributed by atoms with Gasteiger partial charge in [-0.2, -0.15) is 0 Å². The zero-order valence-corrected chi connectivity index (χ0v) is 8.49. The molecule has 94 valence electrons. The minimum Gasteiger partial charge on any atom is -0.238 e. The predicted molar refractivity (Wildman–Crippen MR) is 48.3 cm³/mol. The lowest BCUT2D eigenvalue weighted by atomic mass is 10.2. The van der Waals surface area contributed by atoms with Gasteiger partial charge in [-0.25, -0.2) is 4.79 Å². The quantitative estimate of drug-likeness (QED) is 0.526. The molecule has 18 heavy (non-hydrogen) atoms. The summed E-state index contributed by atoms with van der Waals surface area (Å²) in [4.78, 5) is 52.6. The maximum absolute atomic E-state index is 11.2. The Kier molecular flexibility index (Phi) is 4.20. The number of rotatable bonds is 6. The molecule has 1 rings (SSSR count). The monoisotopic (exact) mass is 259 g/mol. The highest BCUT2D eigenvalue weighted by molar-refractivity contribution is 5.88. The second-order valence-electron chi connectivity index (χ2n) is 2.58. The van der Waals surface area contributed by atoms with Gasteiger partial charge >= 0.3 is 21.2 Å². The molecule has 0 aromatic heterocycles. The highest BCUT2D eigenvalue weighted by Crippen LogP contribution is 2.01. The second-order valence-corrected chi connectivity index (χ2v) is 2.58. The third kappa shape index (κ3) is 4.18. The van der Waals surface area contributed by atoms with Crippen molar-refractivity contribution in [2.45, 2.75) is 0 Å². The summed E-state index contributed by atoms with van der Waals surface area (Å²) < 4.78 is 0. The first-order valence-electron chi connectivity index (χ1n) is 4.21. The van der Waals surface area contributed by atoms with Gasteiger partial charge < -0.3 is 0 Å². The van der Waals surface area contributed by atoms with Crippen LogP contribution in [-0.4, -0.2) is 21.2 Å². The number of nitrogens with zero attached hydrogens (tertiary/aromatic N) is 3. The molecule has 0 aliphatic rings. The molecular formula is C7H5N3O8+2. The molecule has 0 atom stereocenters. The Balaban J connectivity index is 2.48. The highest BCUT2D eigenvalue weighted by Gasteiger charge is 2.36. The molecule has 11 heteroatoms. The van der Waals surface area contributed by atoms with Crippen LogP contribution in [0.5, 0.6) is 0 Å². The highest BCUT2D eigenvalue weighted by atomic mass is 17.2. The number of carbonyl (C=O) groups is 1. The molecule has 0 bridgehead atoms. The van der Waals surface area contributed by atoms with Gasteiger partial charge in [0.15, 0.2) is 0 Å². The second kappa shape index (κ2) is 5.83. The van der Waals surface area contributed by atoms with Crippen LogP contribution in [0.3, 0.4) is 0 Å². The van der Waals surface area contributed by atoms with Crippen LogP contribution in [0.25, 0.3) is 0 Å². The van der Waals surface area contributed by atoms with Crippen molar-refractivity contribution < 1.29 is 34.8 Å². The normalized spacial score (nSPS) is 9.11. The Morgan fingerprint density at radius 3 is 2.17 bits per heavy atom. The zero-order valence-electron chi connectivity index (χ0n) is 8.49. The largest absolute Gasteiger partial charge is 0.557 e. The number of benzene rings is 1. The van der Waals surface area contributed by atoms with Gasteiger partial charge in [0.2, 0.25) is 4.94 Å². The maximum atomic E-state index is 11.2. The minimum absolute atomic E-state index is 0.00888. The van der Waals surface area contributed by atoms with Gasteiger partial charge in [0.25, 0.3) is 0 Å². The summed E-state index contributed by atoms with van der Waals surface area (Å²) in [6.07, 6.45) is 0. The van der Waals surface area contributed by atoms with Crippen LogP contribution >= 0.6 is 0 Å². The lowest BCUT2D eigenvalue weighted by Crippen LogP contribution is -2.23. The van der Waals surface area contributed by atoms with Gasteiger partial charge in [-0.1, -0.05) is 23.0 Å². The van der Waals surface area contributed by atoms with Crippen molar-refractivity contribution in [1.82, 2.24) is 0 Å². The Morgan fingerprint density at radius 1 is 1.00 bits per heavy atom. The van der Waals surface area contributed by atoms with E-state index in [9.17, 15) is 24.7 Å². The van der Waals surface area contributed by atoms with Gasteiger partial charge in [0.1, 0.15) is 9.81 Å². The van der Waals surface area contributed by atoms with Crippen molar-refractivity contribution in [2.75, 3.05) is 0 Å². The standard InChI is InChI=1S/C7H5N3O8/c11-7(6-4-2-1-3-5-6)16-9(14)18-10(15)17-8(12)13/h1-5H/q+2. The van der Waals surface area contributed by atoms with Crippen LogP contribution < -0.4 is 0 Å². The first-order valence-corrected chi connectivity index (χ1v) is 4.21. The van der Waals surface area contributed by atoms with Gasteiger partial charge in [-0.05, 0) is 12.1 Å². The lowest BCUT2D eigenvalue weighted by molar-refractivity contribution is -1.27. The van der Waals surface area contributed by atoms with E-state index in [4.69, 9.17) is 0 Å². The SMILES string of the molecule is O=C(O[N+](=O)O[N+](=O)O[N+](=O)[O-])c1ccccc1. The van der Waals surface area contributed by atoms with Gasteiger partial charge in [-0.3, -0.25) is 0 Å². The average Bonchev–Trinajstić information content (AvgIpc) is 2.28. The van der Waals surface area contributed by atoms with Gasteiger partial charge in [0.05, 0.1) is 10.5 Å². The van der Waals surface area contributed by atoms with Crippen molar-refractivity contribution in [2.24, 2.45) is 0 Å². The van der Waals surface area contributed by atoms with Gasteiger partial charge in [-0.15, -0.1) is 10.1 Å². The summed E-state index contributed by atoms with van der Waals surface area (Å²) in [7, 11) is 0. The van der Waals surface area contributed by atoms with Crippen molar-refractivity contribution in [3.05, 3.63) is 55.8 Å². The summed E-state index contributed by atoms with van der Waals surface area (Å²) in [5.41, 5.74) is 0.00888. The molecule has 0 saturated heterocycles. The molecule has 11 nitrogen and oxygen atoms in total. The molecular weight excluding hydrogens is 254 g/mol. The smallest absolute Gasteiger partial charge is 0.238 e. The third-order valence-electron chi connectivity index (χ3n) is 1.43. The summed E-state index contributed by atoms with van der Waals surface area (Å²) in [5.74, 6) is -1.12. The molecule has 0 saturated carbocycles. The summed E-state index contributed by atoms with van der Waals surface area (Å²) in [5, 5.41) is 6.05. The molecule has 0 aliphatic heterocycles. The number of hydrogen-bond donors (Lipinski definition) is 0. The Hall–Kier alpha value is -3.11. The van der Waals surface area contributed by atoms with Gasteiger partial charge in [0, 0.05) is 0 Å². The third-order valence-corrected chi connectivity index (χ3v) is 1.43. The maximum Gasteiger partial charge on any atom is 0.557 e. The fourth-order valence-corrected chi connectivity index (χ4v) is 0.835. The predicted octanol–water partition coefficient (Wildman–Crippen LogP) is 0.286. The average molecular weight is 259 g/mol. The van der Waals surface area contributed by atoms with E-state index in [0.717, 1.165) is 0 Å². The van der Waals surface area contributed by atoms with Crippen LogP contribution in [-0.2, 0) is 14.7 Å². The van der Waals surface area contributed by atoms with Crippen LogP contribution in [0.4, 0.5) is 0 Å². The van der Waals surface area contributed by atoms with E-state index >= 15 is 0 Å². The van der Waals surface area contributed by atoms with Crippen LogP contribution in [0.15, 0.2) is 30.3 Å². The fraction of sp³-hybridized carbons (Fsp3) is 0. The molecule has 0 unspecified atom stereocenters. The molecule has 0 N–H and O–H groups in total. The number of carbonyl (C=O) groups excluding carboxylic acids is 1. The first kappa shape index (κ1) is 13.0. The van der Waals surface area contributed by atoms with Crippen molar-refractivity contribution in [3.63, 3.8) is 0 Å². The van der Waals surface area contributed by atoms with Crippen LogP contribution in [0.2, 0.25) is 0 Å².